The number of nitrogens with one attached hydrogen (secondary N) is 1. The fourth-order valence-corrected chi connectivity index (χ4v) is 1.10. The molecule has 0 aliphatic heterocycles. The molecule has 0 bridgehead atoms. The van der Waals surface area contributed by atoms with Crippen molar-refractivity contribution in [3.63, 3.8) is 0 Å². The Morgan fingerprint density at radius 3 is 2.69 bits per heavy atom. The molecule has 0 atom stereocenters. The van der Waals surface area contributed by atoms with Crippen LogP contribution in [0, 0.1) is 0 Å². The topological polar surface area (TPSA) is 64.3 Å². The molecule has 4 nitrogen and oxygen atoms in total. The summed E-state index contributed by atoms with van der Waals surface area (Å²) >= 11 is 4.81. The van der Waals surface area contributed by atoms with Crippen LogP contribution in [0.4, 0.5) is 0 Å². The van der Waals surface area contributed by atoms with E-state index < -0.39 is 0 Å². The number of esters is 1. The summed E-state index contributed by atoms with van der Waals surface area (Å²) in [5.41, 5.74) is 6.22. The Bertz CT molecular complexity index is 354. The van der Waals surface area contributed by atoms with Gasteiger partial charge in [0.05, 0.1) is 4.99 Å². The second-order valence-corrected chi connectivity index (χ2v) is 3.62. The van der Waals surface area contributed by atoms with E-state index in [1.807, 2.05) is 30.3 Å². The fourth-order valence-electron chi connectivity index (χ4n) is 1.03. The molecule has 1 rings (SSSR count). The molecule has 0 aliphatic rings. The molecule has 0 saturated carbocycles. The third kappa shape index (κ3) is 4.86. The average Bonchev–Trinajstić information content (AvgIpc) is 2.34. The molecule has 3 N–H and O–H groups in total. The minimum Gasteiger partial charge on any atom is -0.460 e. The van der Waals surface area contributed by atoms with Gasteiger partial charge in [-0.2, -0.15) is 0 Å². The first-order valence-corrected chi connectivity index (χ1v) is 5.29. The molecule has 0 saturated heterocycles. The van der Waals surface area contributed by atoms with E-state index in [0.29, 0.717) is 4.99 Å². The molecule has 86 valence electrons. The highest BCUT2D eigenvalue weighted by atomic mass is 32.1. The average molecular weight is 238 g/mol. The van der Waals surface area contributed by atoms with Gasteiger partial charge in [0.25, 0.3) is 0 Å². The number of thiocarbonyl (C=S) groups is 1. The molecule has 0 spiro atoms. The SMILES string of the molecule is NCC(=S)NCC(=O)OCc1ccccc1. The molecule has 0 aromatic heterocycles. The maximum atomic E-state index is 11.3. The number of hydrogen-bond donors (Lipinski definition) is 2. The highest BCUT2D eigenvalue weighted by Crippen LogP contribution is 2.00. The Morgan fingerprint density at radius 1 is 1.38 bits per heavy atom. The summed E-state index contributed by atoms with van der Waals surface area (Å²) in [4.78, 5) is 11.7. The van der Waals surface area contributed by atoms with Crippen molar-refractivity contribution in [3.8, 4) is 0 Å². The van der Waals surface area contributed by atoms with Crippen molar-refractivity contribution in [1.82, 2.24) is 5.32 Å². The summed E-state index contributed by atoms with van der Waals surface area (Å²) in [6.45, 7) is 0.570. The number of carbonyl (C=O) groups excluding carboxylic acids is 1. The van der Waals surface area contributed by atoms with E-state index in [9.17, 15) is 4.79 Å². The van der Waals surface area contributed by atoms with Crippen molar-refractivity contribution in [2.24, 2.45) is 5.73 Å². The molecule has 0 heterocycles. The lowest BCUT2D eigenvalue weighted by atomic mass is 10.2. The van der Waals surface area contributed by atoms with Gasteiger partial charge in [-0.3, -0.25) is 4.79 Å². The molecule has 5 heteroatoms. The monoisotopic (exact) mass is 238 g/mol. The molecule has 0 amide bonds. The Labute approximate surface area is 99.8 Å². The predicted octanol–water partition coefficient (Wildman–Crippen LogP) is 0.605. The Kier molecular flexibility index (Phi) is 5.45. The van der Waals surface area contributed by atoms with E-state index in [-0.39, 0.29) is 25.7 Å². The van der Waals surface area contributed by atoms with Crippen LogP contribution in [-0.4, -0.2) is 24.0 Å². The molecule has 1 aromatic carbocycles. The second kappa shape index (κ2) is 6.92. The van der Waals surface area contributed by atoms with Gasteiger partial charge < -0.3 is 15.8 Å². The van der Waals surface area contributed by atoms with Gasteiger partial charge in [0.1, 0.15) is 13.2 Å². The third-order valence-electron chi connectivity index (χ3n) is 1.86. The zero-order valence-electron chi connectivity index (χ0n) is 8.81. The van der Waals surface area contributed by atoms with Crippen molar-refractivity contribution in [2.75, 3.05) is 13.1 Å². The van der Waals surface area contributed by atoms with Crippen molar-refractivity contribution in [1.29, 1.82) is 0 Å². The van der Waals surface area contributed by atoms with Crippen molar-refractivity contribution >= 4 is 23.2 Å². The van der Waals surface area contributed by atoms with Crippen LogP contribution in [0.3, 0.4) is 0 Å². The largest absolute Gasteiger partial charge is 0.460 e. The first kappa shape index (κ1) is 12.6. The maximum absolute atomic E-state index is 11.3. The van der Waals surface area contributed by atoms with Gasteiger partial charge in [-0.15, -0.1) is 0 Å². The molecule has 0 aliphatic carbocycles. The van der Waals surface area contributed by atoms with Crippen molar-refractivity contribution < 1.29 is 9.53 Å². The minimum absolute atomic E-state index is 0.0584. The number of hydrogen-bond acceptors (Lipinski definition) is 4. The zero-order valence-corrected chi connectivity index (χ0v) is 9.63. The number of benzene rings is 1. The van der Waals surface area contributed by atoms with Crippen LogP contribution in [0.1, 0.15) is 5.56 Å². The fraction of sp³-hybridized carbons (Fsp3) is 0.273. The minimum atomic E-state index is -0.348. The zero-order chi connectivity index (χ0) is 11.8. The number of rotatable bonds is 5. The second-order valence-electron chi connectivity index (χ2n) is 3.13. The molecular formula is C11H14N2O2S. The van der Waals surface area contributed by atoms with Crippen LogP contribution in [0.15, 0.2) is 30.3 Å². The highest BCUT2D eigenvalue weighted by Gasteiger charge is 2.03. The first-order chi connectivity index (χ1) is 7.72. The molecule has 1 aromatic rings. The summed E-state index contributed by atoms with van der Waals surface area (Å²) in [7, 11) is 0. The molecular weight excluding hydrogens is 224 g/mol. The van der Waals surface area contributed by atoms with Gasteiger partial charge in [-0.1, -0.05) is 42.5 Å². The lowest BCUT2D eigenvalue weighted by molar-refractivity contribution is -0.143. The van der Waals surface area contributed by atoms with Gasteiger partial charge in [0.15, 0.2) is 0 Å². The summed E-state index contributed by atoms with van der Waals surface area (Å²) in [6, 6.07) is 9.49. The van der Waals surface area contributed by atoms with Crippen LogP contribution in [-0.2, 0) is 16.1 Å². The van der Waals surface area contributed by atoms with E-state index in [1.54, 1.807) is 0 Å². The van der Waals surface area contributed by atoms with Crippen molar-refractivity contribution in [3.05, 3.63) is 35.9 Å². The van der Waals surface area contributed by atoms with E-state index in [4.69, 9.17) is 22.7 Å². The summed E-state index contributed by atoms with van der Waals surface area (Å²) < 4.78 is 5.02. The maximum Gasteiger partial charge on any atom is 0.325 e. The van der Waals surface area contributed by atoms with Crippen LogP contribution in [0.2, 0.25) is 0 Å². The quantitative estimate of drug-likeness (QED) is 0.581. The summed E-state index contributed by atoms with van der Waals surface area (Å²) in [5, 5.41) is 2.70. The lowest BCUT2D eigenvalue weighted by Gasteiger charge is -2.06. The number of carbonyl (C=O) groups is 1. The van der Waals surface area contributed by atoms with E-state index in [1.165, 1.54) is 0 Å². The van der Waals surface area contributed by atoms with Crippen LogP contribution in [0.5, 0.6) is 0 Å². The number of ether oxygens (including phenoxy) is 1. The normalized spacial score (nSPS) is 9.56. The lowest BCUT2D eigenvalue weighted by Crippen LogP contribution is -2.33. The molecule has 0 fully saturated rings. The van der Waals surface area contributed by atoms with Gasteiger partial charge in [0.2, 0.25) is 0 Å². The van der Waals surface area contributed by atoms with Gasteiger partial charge in [-0.05, 0) is 5.56 Å². The number of nitrogens with two attached hydrogens (primary N) is 1. The summed E-state index contributed by atoms with van der Waals surface area (Å²) in [6.07, 6.45) is 0. The Morgan fingerprint density at radius 2 is 2.06 bits per heavy atom. The smallest absolute Gasteiger partial charge is 0.325 e. The van der Waals surface area contributed by atoms with E-state index in [0.717, 1.165) is 5.56 Å². The van der Waals surface area contributed by atoms with Crippen molar-refractivity contribution in [2.45, 2.75) is 6.61 Å². The molecule has 0 unspecified atom stereocenters. The highest BCUT2D eigenvalue weighted by molar-refractivity contribution is 7.80. The molecule has 16 heavy (non-hydrogen) atoms. The Hall–Kier alpha value is -1.46. The third-order valence-corrected chi connectivity index (χ3v) is 2.17. The van der Waals surface area contributed by atoms with E-state index in [2.05, 4.69) is 5.32 Å². The van der Waals surface area contributed by atoms with Gasteiger partial charge >= 0.3 is 5.97 Å². The van der Waals surface area contributed by atoms with Crippen LogP contribution in [0.25, 0.3) is 0 Å². The van der Waals surface area contributed by atoms with Gasteiger partial charge in [-0.25, -0.2) is 0 Å². The van der Waals surface area contributed by atoms with Crippen LogP contribution >= 0.6 is 12.2 Å². The Balaban J connectivity index is 2.23. The first-order valence-electron chi connectivity index (χ1n) is 4.88. The van der Waals surface area contributed by atoms with E-state index >= 15 is 0 Å². The molecule has 0 radical (unpaired) electrons. The summed E-state index contributed by atoms with van der Waals surface area (Å²) in [5.74, 6) is -0.348. The predicted molar refractivity (Wildman–Crippen MR) is 65.9 cm³/mol. The standard InChI is InChI=1S/C11H14N2O2S/c12-6-10(16)13-7-11(14)15-8-9-4-2-1-3-5-9/h1-5H,6-8,12H2,(H,13,16). The van der Waals surface area contributed by atoms with Crippen LogP contribution < -0.4 is 11.1 Å². The van der Waals surface area contributed by atoms with Gasteiger partial charge in [0, 0.05) is 6.54 Å².